The Labute approximate surface area is 81.4 Å². The van der Waals surface area contributed by atoms with E-state index in [1.165, 1.54) is 0 Å². The fourth-order valence-corrected chi connectivity index (χ4v) is 1.26. The van der Waals surface area contributed by atoms with Gasteiger partial charge in [0.25, 0.3) is 0 Å². The van der Waals surface area contributed by atoms with Crippen molar-refractivity contribution in [2.75, 3.05) is 5.73 Å². The van der Waals surface area contributed by atoms with E-state index in [4.69, 9.17) is 5.73 Å². The van der Waals surface area contributed by atoms with Gasteiger partial charge in [-0.3, -0.25) is 9.97 Å². The lowest BCUT2D eigenvalue weighted by Crippen LogP contribution is -1.94. The van der Waals surface area contributed by atoms with Crippen molar-refractivity contribution in [1.82, 2.24) is 9.97 Å². The smallest absolute Gasteiger partial charge is 0.0907 e. The molecular weight excluding hydrogens is 178 g/mol. The number of aliphatic hydroxyl groups is 1. The molecule has 0 saturated heterocycles. The summed E-state index contributed by atoms with van der Waals surface area (Å²) in [5.74, 6) is 0. The standard InChI is InChI=1S/C10H11N3O/c1-6(14)7-2-9-10(12-4-7)3-8(11)5-13-9/h2-6,14H,11H2,1H3. The van der Waals surface area contributed by atoms with E-state index < -0.39 is 6.10 Å². The third-order valence-electron chi connectivity index (χ3n) is 2.06. The Morgan fingerprint density at radius 3 is 2.57 bits per heavy atom. The van der Waals surface area contributed by atoms with Gasteiger partial charge in [-0.1, -0.05) is 0 Å². The van der Waals surface area contributed by atoms with Gasteiger partial charge in [-0.25, -0.2) is 0 Å². The Morgan fingerprint density at radius 1 is 1.21 bits per heavy atom. The summed E-state index contributed by atoms with van der Waals surface area (Å²) in [5.41, 5.74) is 8.41. The largest absolute Gasteiger partial charge is 0.397 e. The van der Waals surface area contributed by atoms with Gasteiger partial charge >= 0.3 is 0 Å². The highest BCUT2D eigenvalue weighted by atomic mass is 16.3. The van der Waals surface area contributed by atoms with Crippen LogP contribution >= 0.6 is 0 Å². The zero-order chi connectivity index (χ0) is 10.1. The molecule has 0 bridgehead atoms. The van der Waals surface area contributed by atoms with E-state index in [0.29, 0.717) is 5.69 Å². The van der Waals surface area contributed by atoms with Crippen LogP contribution in [0.3, 0.4) is 0 Å². The van der Waals surface area contributed by atoms with Gasteiger partial charge in [-0.2, -0.15) is 0 Å². The van der Waals surface area contributed by atoms with Crippen LogP contribution in [0.15, 0.2) is 24.5 Å². The Kier molecular flexibility index (Phi) is 2.05. The predicted molar refractivity (Wildman–Crippen MR) is 54.6 cm³/mol. The SMILES string of the molecule is CC(O)c1cnc2cc(N)cnc2c1. The van der Waals surface area contributed by atoms with Crippen molar-refractivity contribution < 1.29 is 5.11 Å². The molecule has 72 valence electrons. The first-order chi connectivity index (χ1) is 6.66. The van der Waals surface area contributed by atoms with Gasteiger partial charge in [0.15, 0.2) is 0 Å². The van der Waals surface area contributed by atoms with E-state index in [1.807, 2.05) is 6.07 Å². The van der Waals surface area contributed by atoms with Crippen molar-refractivity contribution in [1.29, 1.82) is 0 Å². The number of hydrogen-bond acceptors (Lipinski definition) is 4. The van der Waals surface area contributed by atoms with Gasteiger partial charge in [0.1, 0.15) is 0 Å². The van der Waals surface area contributed by atoms with Crippen LogP contribution in [-0.2, 0) is 0 Å². The van der Waals surface area contributed by atoms with Gasteiger partial charge in [0.05, 0.1) is 29.0 Å². The van der Waals surface area contributed by atoms with Gasteiger partial charge in [-0.05, 0) is 19.1 Å². The minimum atomic E-state index is -0.522. The van der Waals surface area contributed by atoms with Crippen LogP contribution in [0.2, 0.25) is 0 Å². The fraction of sp³-hybridized carbons (Fsp3) is 0.200. The lowest BCUT2D eigenvalue weighted by Gasteiger charge is -2.04. The molecule has 0 fully saturated rings. The summed E-state index contributed by atoms with van der Waals surface area (Å²) in [5, 5.41) is 9.35. The van der Waals surface area contributed by atoms with Gasteiger partial charge in [-0.15, -0.1) is 0 Å². The zero-order valence-corrected chi connectivity index (χ0v) is 7.81. The number of aliphatic hydroxyl groups excluding tert-OH is 1. The summed E-state index contributed by atoms with van der Waals surface area (Å²) in [4.78, 5) is 8.29. The van der Waals surface area contributed by atoms with E-state index in [1.54, 1.807) is 25.4 Å². The highest BCUT2D eigenvalue weighted by Crippen LogP contribution is 2.17. The first-order valence-corrected chi connectivity index (χ1v) is 4.36. The molecule has 14 heavy (non-hydrogen) atoms. The number of hydrogen-bond donors (Lipinski definition) is 2. The molecule has 0 spiro atoms. The molecule has 2 heterocycles. The maximum absolute atomic E-state index is 9.35. The highest BCUT2D eigenvalue weighted by Gasteiger charge is 2.03. The van der Waals surface area contributed by atoms with Crippen LogP contribution < -0.4 is 5.73 Å². The van der Waals surface area contributed by atoms with E-state index >= 15 is 0 Å². The number of anilines is 1. The van der Waals surface area contributed by atoms with Crippen molar-refractivity contribution >= 4 is 16.7 Å². The van der Waals surface area contributed by atoms with E-state index in [-0.39, 0.29) is 0 Å². The predicted octanol–water partition coefficient (Wildman–Crippen LogP) is 1.27. The zero-order valence-electron chi connectivity index (χ0n) is 7.81. The Morgan fingerprint density at radius 2 is 1.86 bits per heavy atom. The molecule has 3 N–H and O–H groups in total. The summed E-state index contributed by atoms with van der Waals surface area (Å²) in [6.45, 7) is 1.69. The summed E-state index contributed by atoms with van der Waals surface area (Å²) >= 11 is 0. The number of fused-ring (bicyclic) bond motifs is 1. The lowest BCUT2D eigenvalue weighted by molar-refractivity contribution is 0.199. The Hall–Kier alpha value is -1.68. The van der Waals surface area contributed by atoms with Crippen molar-refractivity contribution in [2.24, 2.45) is 0 Å². The van der Waals surface area contributed by atoms with Crippen LogP contribution in [0.5, 0.6) is 0 Å². The molecule has 0 aromatic carbocycles. The molecule has 0 radical (unpaired) electrons. The maximum Gasteiger partial charge on any atom is 0.0907 e. The van der Waals surface area contributed by atoms with Crippen molar-refractivity contribution in [3.05, 3.63) is 30.1 Å². The minimum absolute atomic E-state index is 0.522. The lowest BCUT2D eigenvalue weighted by atomic mass is 10.1. The monoisotopic (exact) mass is 189 g/mol. The van der Waals surface area contributed by atoms with Crippen LogP contribution in [0.4, 0.5) is 5.69 Å². The Bertz CT molecular complexity index is 468. The highest BCUT2D eigenvalue weighted by molar-refractivity contribution is 5.77. The van der Waals surface area contributed by atoms with Crippen LogP contribution in [0, 0.1) is 0 Å². The quantitative estimate of drug-likeness (QED) is 0.708. The van der Waals surface area contributed by atoms with Crippen molar-refractivity contribution in [3.8, 4) is 0 Å². The van der Waals surface area contributed by atoms with Gasteiger partial charge in [0, 0.05) is 11.8 Å². The summed E-state index contributed by atoms with van der Waals surface area (Å²) in [7, 11) is 0. The molecule has 0 amide bonds. The third kappa shape index (κ3) is 1.52. The fourth-order valence-electron chi connectivity index (χ4n) is 1.26. The molecule has 0 saturated carbocycles. The molecule has 4 nitrogen and oxygen atoms in total. The normalized spacial score (nSPS) is 13.0. The number of pyridine rings is 2. The van der Waals surface area contributed by atoms with Crippen LogP contribution in [0.25, 0.3) is 11.0 Å². The van der Waals surface area contributed by atoms with Crippen LogP contribution in [0.1, 0.15) is 18.6 Å². The molecule has 2 rings (SSSR count). The molecule has 4 heteroatoms. The van der Waals surface area contributed by atoms with E-state index in [2.05, 4.69) is 9.97 Å². The number of nitrogen functional groups attached to an aromatic ring is 1. The second-order valence-electron chi connectivity index (χ2n) is 3.25. The van der Waals surface area contributed by atoms with Gasteiger partial charge in [0.2, 0.25) is 0 Å². The first kappa shape index (κ1) is 8.90. The van der Waals surface area contributed by atoms with Crippen LogP contribution in [-0.4, -0.2) is 15.1 Å². The second-order valence-corrected chi connectivity index (χ2v) is 3.25. The molecule has 2 aromatic heterocycles. The molecule has 1 atom stereocenters. The van der Waals surface area contributed by atoms with E-state index in [0.717, 1.165) is 16.6 Å². The molecule has 0 aliphatic heterocycles. The topological polar surface area (TPSA) is 72.0 Å². The Balaban J connectivity index is 2.62. The molecule has 0 aliphatic carbocycles. The number of nitrogens with two attached hydrogens (primary N) is 1. The summed E-state index contributed by atoms with van der Waals surface area (Å²) < 4.78 is 0. The van der Waals surface area contributed by atoms with Crippen molar-refractivity contribution in [2.45, 2.75) is 13.0 Å². The average molecular weight is 189 g/mol. The molecule has 2 aromatic rings. The molecular formula is C10H11N3O. The van der Waals surface area contributed by atoms with Crippen molar-refractivity contribution in [3.63, 3.8) is 0 Å². The second kappa shape index (κ2) is 3.23. The average Bonchev–Trinajstić information content (AvgIpc) is 2.16. The first-order valence-electron chi connectivity index (χ1n) is 4.36. The summed E-state index contributed by atoms with van der Waals surface area (Å²) in [6, 6.07) is 3.57. The number of aromatic nitrogens is 2. The molecule has 0 aliphatic rings. The molecule has 1 unspecified atom stereocenters. The number of rotatable bonds is 1. The minimum Gasteiger partial charge on any atom is -0.397 e. The maximum atomic E-state index is 9.35. The number of nitrogens with zero attached hydrogens (tertiary/aromatic N) is 2. The van der Waals surface area contributed by atoms with Gasteiger partial charge < -0.3 is 10.8 Å². The van der Waals surface area contributed by atoms with E-state index in [9.17, 15) is 5.11 Å². The summed E-state index contributed by atoms with van der Waals surface area (Å²) in [6.07, 6.45) is 2.69. The third-order valence-corrected chi connectivity index (χ3v) is 2.06.